The molecular weight excluding hydrogens is 116 g/mol. The van der Waals surface area contributed by atoms with E-state index in [0.717, 1.165) is 0 Å². The molecule has 1 N–H and O–H groups in total. The largest absolute Gasteiger partial charge is 0.372 e. The molecule has 9 heavy (non-hydrogen) atoms. The first-order valence-electron chi connectivity index (χ1n) is 2.42. The molecule has 0 bridgehead atoms. The van der Waals surface area contributed by atoms with Gasteiger partial charge in [-0.15, -0.1) is 6.42 Å². The minimum atomic E-state index is -0.958. The van der Waals surface area contributed by atoms with Crippen molar-refractivity contribution in [2.45, 2.75) is 6.10 Å². The highest BCUT2D eigenvalue weighted by Crippen LogP contribution is 1.72. The second-order valence-electron chi connectivity index (χ2n) is 1.32. The standard InChI is InChI=1S/C7H8O2/c1-3-7(8)5-4-6-9-2/h1,7-8H,6H2,2H3. The van der Waals surface area contributed by atoms with Crippen LogP contribution >= 0.6 is 0 Å². The molecule has 0 saturated carbocycles. The summed E-state index contributed by atoms with van der Waals surface area (Å²) in [5, 5.41) is 8.62. The highest BCUT2D eigenvalue weighted by molar-refractivity contribution is 5.15. The Morgan fingerprint density at radius 3 is 2.89 bits per heavy atom. The Kier molecular flexibility index (Phi) is 4.63. The Morgan fingerprint density at radius 1 is 1.78 bits per heavy atom. The lowest BCUT2D eigenvalue weighted by Gasteiger charge is -1.86. The first-order chi connectivity index (χ1) is 4.31. The number of hydrogen-bond donors (Lipinski definition) is 1. The predicted octanol–water partition coefficient (Wildman–Crippen LogP) is -0.370. The summed E-state index contributed by atoms with van der Waals surface area (Å²) in [7, 11) is 1.52. The zero-order chi connectivity index (χ0) is 7.11. The Bertz CT molecular complexity index is 156. The number of aliphatic hydroxyl groups is 1. The van der Waals surface area contributed by atoms with Gasteiger partial charge in [-0.1, -0.05) is 17.8 Å². The van der Waals surface area contributed by atoms with Gasteiger partial charge in [0.15, 0.2) is 6.10 Å². The number of methoxy groups -OCH3 is 1. The fourth-order valence-corrected chi connectivity index (χ4v) is 0.252. The van der Waals surface area contributed by atoms with Gasteiger partial charge in [0.25, 0.3) is 0 Å². The lowest BCUT2D eigenvalue weighted by Crippen LogP contribution is -1.97. The fourth-order valence-electron chi connectivity index (χ4n) is 0.252. The van der Waals surface area contributed by atoms with E-state index in [-0.39, 0.29) is 0 Å². The van der Waals surface area contributed by atoms with E-state index < -0.39 is 6.10 Å². The fraction of sp³-hybridized carbons (Fsp3) is 0.429. The zero-order valence-corrected chi connectivity index (χ0v) is 5.22. The van der Waals surface area contributed by atoms with Crippen LogP contribution in [0.4, 0.5) is 0 Å². The third kappa shape index (κ3) is 4.90. The molecule has 0 fully saturated rings. The molecule has 0 aliphatic carbocycles. The van der Waals surface area contributed by atoms with Crippen LogP contribution in [-0.2, 0) is 4.74 Å². The average molecular weight is 124 g/mol. The molecule has 0 saturated heterocycles. The van der Waals surface area contributed by atoms with Gasteiger partial charge in [-0.2, -0.15) is 0 Å². The summed E-state index contributed by atoms with van der Waals surface area (Å²) < 4.78 is 4.58. The van der Waals surface area contributed by atoms with Gasteiger partial charge in [0.1, 0.15) is 6.61 Å². The summed E-state index contributed by atoms with van der Waals surface area (Å²) >= 11 is 0. The smallest absolute Gasteiger partial charge is 0.176 e. The second kappa shape index (κ2) is 5.18. The van der Waals surface area contributed by atoms with Gasteiger partial charge < -0.3 is 9.84 Å². The van der Waals surface area contributed by atoms with E-state index in [1.54, 1.807) is 0 Å². The Balaban J connectivity index is 3.49. The molecule has 0 spiro atoms. The van der Waals surface area contributed by atoms with Crippen LogP contribution in [0.2, 0.25) is 0 Å². The number of rotatable bonds is 1. The maximum atomic E-state index is 8.62. The molecule has 0 radical (unpaired) electrons. The van der Waals surface area contributed by atoms with E-state index in [4.69, 9.17) is 11.5 Å². The van der Waals surface area contributed by atoms with Crippen LogP contribution in [0.15, 0.2) is 0 Å². The maximum Gasteiger partial charge on any atom is 0.176 e. The number of hydrogen-bond acceptors (Lipinski definition) is 2. The van der Waals surface area contributed by atoms with Crippen molar-refractivity contribution in [3.05, 3.63) is 0 Å². The molecule has 1 atom stereocenters. The van der Waals surface area contributed by atoms with Crippen molar-refractivity contribution in [2.75, 3.05) is 13.7 Å². The van der Waals surface area contributed by atoms with E-state index in [1.165, 1.54) is 7.11 Å². The minimum absolute atomic E-state index is 0.304. The van der Waals surface area contributed by atoms with Crippen LogP contribution in [0.1, 0.15) is 0 Å². The highest BCUT2D eigenvalue weighted by atomic mass is 16.5. The van der Waals surface area contributed by atoms with Crippen LogP contribution in [-0.4, -0.2) is 24.9 Å². The molecule has 1 unspecified atom stereocenters. The summed E-state index contributed by atoms with van der Waals surface area (Å²) in [6.45, 7) is 0.304. The van der Waals surface area contributed by atoms with Crippen LogP contribution in [0, 0.1) is 24.2 Å². The second-order valence-corrected chi connectivity index (χ2v) is 1.32. The van der Waals surface area contributed by atoms with Gasteiger partial charge in [-0.05, 0) is 0 Å². The number of aliphatic hydroxyl groups excluding tert-OH is 1. The summed E-state index contributed by atoms with van der Waals surface area (Å²) in [5.41, 5.74) is 0. The van der Waals surface area contributed by atoms with Gasteiger partial charge >= 0.3 is 0 Å². The van der Waals surface area contributed by atoms with E-state index >= 15 is 0 Å². The van der Waals surface area contributed by atoms with Gasteiger partial charge in [0.2, 0.25) is 0 Å². The molecule has 0 amide bonds. The van der Waals surface area contributed by atoms with E-state index in [9.17, 15) is 0 Å². The van der Waals surface area contributed by atoms with Crippen LogP contribution in [0.25, 0.3) is 0 Å². The van der Waals surface area contributed by atoms with Crippen molar-refractivity contribution >= 4 is 0 Å². The van der Waals surface area contributed by atoms with Crippen LogP contribution in [0.5, 0.6) is 0 Å². The molecule has 2 heteroatoms. The Morgan fingerprint density at radius 2 is 2.44 bits per heavy atom. The number of ether oxygens (including phenoxy) is 1. The van der Waals surface area contributed by atoms with Crippen molar-refractivity contribution in [1.82, 2.24) is 0 Å². The molecule has 0 aromatic rings. The zero-order valence-electron chi connectivity index (χ0n) is 5.22. The highest BCUT2D eigenvalue weighted by Gasteiger charge is 1.84. The molecular formula is C7H8O2. The minimum Gasteiger partial charge on any atom is -0.372 e. The molecule has 0 aromatic carbocycles. The first kappa shape index (κ1) is 8.04. The number of terminal acetylenes is 1. The van der Waals surface area contributed by atoms with Gasteiger partial charge in [0, 0.05) is 7.11 Å². The summed E-state index contributed by atoms with van der Waals surface area (Å²) in [5.74, 6) is 6.95. The molecule has 0 heterocycles. The normalized spacial score (nSPS) is 10.8. The van der Waals surface area contributed by atoms with E-state index in [2.05, 4.69) is 22.5 Å². The van der Waals surface area contributed by atoms with Gasteiger partial charge in [0.05, 0.1) is 0 Å². The van der Waals surface area contributed by atoms with Crippen molar-refractivity contribution < 1.29 is 9.84 Å². The monoisotopic (exact) mass is 124 g/mol. The van der Waals surface area contributed by atoms with E-state index in [0.29, 0.717) is 6.61 Å². The third-order valence-corrected chi connectivity index (χ3v) is 0.613. The van der Waals surface area contributed by atoms with Crippen molar-refractivity contribution in [3.8, 4) is 24.2 Å². The molecule has 48 valence electrons. The van der Waals surface area contributed by atoms with Crippen molar-refractivity contribution in [3.63, 3.8) is 0 Å². The summed E-state index contributed by atoms with van der Waals surface area (Å²) in [6, 6.07) is 0. The van der Waals surface area contributed by atoms with Crippen molar-refractivity contribution in [2.24, 2.45) is 0 Å². The van der Waals surface area contributed by atoms with Crippen molar-refractivity contribution in [1.29, 1.82) is 0 Å². The Hall–Kier alpha value is -0.960. The van der Waals surface area contributed by atoms with E-state index in [1.807, 2.05) is 0 Å². The first-order valence-corrected chi connectivity index (χ1v) is 2.42. The molecule has 0 aliphatic heterocycles. The topological polar surface area (TPSA) is 29.5 Å². The molecule has 0 aliphatic rings. The molecule has 0 rings (SSSR count). The SMILES string of the molecule is C#CC(O)C#CCOC. The molecule has 2 nitrogen and oxygen atoms in total. The molecule has 0 aromatic heterocycles. The quantitative estimate of drug-likeness (QED) is 0.483. The third-order valence-electron chi connectivity index (χ3n) is 0.613. The Labute approximate surface area is 54.8 Å². The predicted molar refractivity (Wildman–Crippen MR) is 34.5 cm³/mol. The lowest BCUT2D eigenvalue weighted by molar-refractivity contribution is 0.238. The summed E-state index contributed by atoms with van der Waals surface area (Å²) in [6.07, 6.45) is 3.85. The van der Waals surface area contributed by atoms with Crippen LogP contribution in [0.3, 0.4) is 0 Å². The lowest BCUT2D eigenvalue weighted by atomic mass is 10.4. The van der Waals surface area contributed by atoms with Gasteiger partial charge in [-0.3, -0.25) is 0 Å². The van der Waals surface area contributed by atoms with Gasteiger partial charge in [-0.25, -0.2) is 0 Å². The summed E-state index contributed by atoms with van der Waals surface area (Å²) in [4.78, 5) is 0. The average Bonchev–Trinajstić information content (AvgIpc) is 1.89. The van der Waals surface area contributed by atoms with Crippen LogP contribution < -0.4 is 0 Å². The maximum absolute atomic E-state index is 8.62.